The highest BCUT2D eigenvalue weighted by molar-refractivity contribution is 5.99. The third-order valence-corrected chi connectivity index (χ3v) is 5.43. The highest BCUT2D eigenvalue weighted by atomic mass is 16.6. The molecule has 0 aliphatic heterocycles. The predicted octanol–water partition coefficient (Wildman–Crippen LogP) is 4.71. The number of carbonyl (C=O) groups excluding carboxylic acids is 1. The number of anilines is 1. The van der Waals surface area contributed by atoms with Crippen molar-refractivity contribution in [1.29, 1.82) is 5.26 Å². The van der Waals surface area contributed by atoms with Crippen LogP contribution >= 0.6 is 0 Å². The molecule has 0 spiro atoms. The van der Waals surface area contributed by atoms with Crippen LogP contribution in [0.4, 0.5) is 11.4 Å². The Hall–Kier alpha value is -3.40. The number of hydrogen-bond acceptors (Lipinski definition) is 5. The van der Waals surface area contributed by atoms with E-state index in [0.717, 1.165) is 24.8 Å². The topological polar surface area (TPSA) is 105 Å². The van der Waals surface area contributed by atoms with Gasteiger partial charge in [0.05, 0.1) is 22.5 Å². The van der Waals surface area contributed by atoms with Crippen molar-refractivity contribution < 1.29 is 14.5 Å². The molecule has 1 saturated carbocycles. The molecule has 1 amide bonds. The molecule has 2 aromatic carbocycles. The van der Waals surface area contributed by atoms with Crippen LogP contribution < -0.4 is 10.1 Å². The van der Waals surface area contributed by atoms with E-state index in [2.05, 4.69) is 11.4 Å². The summed E-state index contributed by atoms with van der Waals surface area (Å²) in [5, 5.41) is 23.3. The van der Waals surface area contributed by atoms with E-state index in [1.807, 2.05) is 6.92 Å². The minimum Gasteiger partial charge on any atom is -0.492 e. The number of nitrogens with zero attached hydrogens (tertiary/aromatic N) is 2. The summed E-state index contributed by atoms with van der Waals surface area (Å²) in [5.41, 5.74) is 0.940. The number of carbonyl (C=O) groups is 1. The zero-order valence-corrected chi connectivity index (χ0v) is 16.3. The van der Waals surface area contributed by atoms with Gasteiger partial charge in [0.1, 0.15) is 11.8 Å². The zero-order valence-electron chi connectivity index (χ0n) is 16.3. The summed E-state index contributed by atoms with van der Waals surface area (Å²) in [4.78, 5) is 23.9. The van der Waals surface area contributed by atoms with E-state index in [1.54, 1.807) is 30.3 Å². The molecule has 0 saturated heterocycles. The maximum atomic E-state index is 13.4. The SMILES string of the molecule is CCOc1ccc(NC(=O)C2(c3ccc([N+](=O)[O-])cc3)CCCCC2)cc1C#N. The minimum absolute atomic E-state index is 0.00490. The van der Waals surface area contributed by atoms with Gasteiger partial charge in [-0.25, -0.2) is 0 Å². The van der Waals surface area contributed by atoms with Gasteiger partial charge in [-0.2, -0.15) is 5.26 Å². The molecular weight excluding hydrogens is 370 g/mol. The second kappa shape index (κ2) is 8.74. The lowest BCUT2D eigenvalue weighted by molar-refractivity contribution is -0.384. The first-order valence-corrected chi connectivity index (χ1v) is 9.73. The van der Waals surface area contributed by atoms with E-state index < -0.39 is 10.3 Å². The second-order valence-corrected chi connectivity index (χ2v) is 7.16. The fraction of sp³-hybridized carbons (Fsp3) is 0.364. The Morgan fingerprint density at radius 1 is 1.21 bits per heavy atom. The lowest BCUT2D eigenvalue weighted by Gasteiger charge is -2.36. The van der Waals surface area contributed by atoms with Crippen LogP contribution in [0.1, 0.15) is 50.2 Å². The van der Waals surface area contributed by atoms with Crippen molar-refractivity contribution in [3.05, 3.63) is 63.7 Å². The molecule has 3 rings (SSSR count). The number of nitriles is 1. The van der Waals surface area contributed by atoms with Gasteiger partial charge < -0.3 is 10.1 Å². The van der Waals surface area contributed by atoms with Gasteiger partial charge in [0.15, 0.2) is 0 Å². The summed E-state index contributed by atoms with van der Waals surface area (Å²) < 4.78 is 5.43. The number of rotatable bonds is 6. The second-order valence-electron chi connectivity index (χ2n) is 7.16. The first kappa shape index (κ1) is 20.3. The Kier molecular flexibility index (Phi) is 6.13. The summed E-state index contributed by atoms with van der Waals surface area (Å²) in [6, 6.07) is 13.4. The molecule has 150 valence electrons. The summed E-state index contributed by atoms with van der Waals surface area (Å²) in [7, 11) is 0. The minimum atomic E-state index is -0.737. The van der Waals surface area contributed by atoms with Gasteiger partial charge in [-0.3, -0.25) is 14.9 Å². The maximum absolute atomic E-state index is 13.4. The molecule has 1 N–H and O–H groups in total. The Balaban J connectivity index is 1.90. The quantitative estimate of drug-likeness (QED) is 0.565. The first-order chi connectivity index (χ1) is 14.0. The smallest absolute Gasteiger partial charge is 0.269 e. The van der Waals surface area contributed by atoms with Crippen LogP contribution in [0.5, 0.6) is 5.75 Å². The predicted molar refractivity (Wildman–Crippen MR) is 109 cm³/mol. The molecule has 0 unspecified atom stereocenters. The molecule has 29 heavy (non-hydrogen) atoms. The normalized spacial score (nSPS) is 15.2. The molecule has 1 aliphatic carbocycles. The third-order valence-electron chi connectivity index (χ3n) is 5.43. The van der Waals surface area contributed by atoms with Crippen molar-refractivity contribution in [1.82, 2.24) is 0 Å². The highest BCUT2D eigenvalue weighted by Gasteiger charge is 2.41. The van der Waals surface area contributed by atoms with Gasteiger partial charge in [-0.1, -0.05) is 31.4 Å². The van der Waals surface area contributed by atoms with E-state index in [9.17, 15) is 20.2 Å². The van der Waals surface area contributed by atoms with Gasteiger partial charge >= 0.3 is 0 Å². The van der Waals surface area contributed by atoms with Crippen LogP contribution in [-0.4, -0.2) is 17.4 Å². The number of hydrogen-bond donors (Lipinski definition) is 1. The number of amides is 1. The molecule has 0 bridgehead atoms. The van der Waals surface area contributed by atoms with Crippen molar-refractivity contribution in [3.8, 4) is 11.8 Å². The number of benzene rings is 2. The third kappa shape index (κ3) is 4.21. The Labute approximate surface area is 169 Å². The molecule has 7 nitrogen and oxygen atoms in total. The number of non-ortho nitro benzene ring substituents is 1. The summed E-state index contributed by atoms with van der Waals surface area (Å²) >= 11 is 0. The van der Waals surface area contributed by atoms with Gasteiger partial charge in [-0.15, -0.1) is 0 Å². The standard InChI is InChI=1S/C22H23N3O4/c1-2-29-20-11-8-18(14-16(20)15-23)24-21(26)22(12-4-3-5-13-22)17-6-9-19(10-7-17)25(27)28/h6-11,14H,2-5,12-13H2,1H3,(H,24,26). The van der Waals surface area contributed by atoms with E-state index in [-0.39, 0.29) is 11.6 Å². The van der Waals surface area contributed by atoms with E-state index in [4.69, 9.17) is 4.74 Å². The summed E-state index contributed by atoms with van der Waals surface area (Å²) in [6.45, 7) is 2.29. The first-order valence-electron chi connectivity index (χ1n) is 9.73. The van der Waals surface area contributed by atoms with Crippen LogP contribution in [0.15, 0.2) is 42.5 Å². The molecule has 0 radical (unpaired) electrons. The number of nitrogens with one attached hydrogen (secondary N) is 1. The van der Waals surface area contributed by atoms with Crippen LogP contribution in [0, 0.1) is 21.4 Å². The van der Waals surface area contributed by atoms with Crippen LogP contribution in [0.25, 0.3) is 0 Å². The molecular formula is C22H23N3O4. The monoisotopic (exact) mass is 393 g/mol. The largest absolute Gasteiger partial charge is 0.492 e. The van der Waals surface area contributed by atoms with E-state index in [1.165, 1.54) is 12.1 Å². The van der Waals surface area contributed by atoms with Crippen LogP contribution in [0.2, 0.25) is 0 Å². The van der Waals surface area contributed by atoms with Gasteiger partial charge in [-0.05, 0) is 43.5 Å². The van der Waals surface area contributed by atoms with Crippen molar-refractivity contribution in [2.75, 3.05) is 11.9 Å². The molecule has 2 aromatic rings. The van der Waals surface area contributed by atoms with Crippen molar-refractivity contribution in [2.45, 2.75) is 44.4 Å². The number of ether oxygens (including phenoxy) is 1. The fourth-order valence-electron chi connectivity index (χ4n) is 3.93. The highest BCUT2D eigenvalue weighted by Crippen LogP contribution is 2.41. The Morgan fingerprint density at radius 3 is 2.48 bits per heavy atom. The maximum Gasteiger partial charge on any atom is 0.269 e. The summed E-state index contributed by atoms with van der Waals surface area (Å²) in [5.74, 6) is 0.329. The van der Waals surface area contributed by atoms with Crippen LogP contribution in [-0.2, 0) is 10.2 Å². The van der Waals surface area contributed by atoms with Crippen LogP contribution in [0.3, 0.4) is 0 Å². The molecule has 1 aliphatic rings. The lowest BCUT2D eigenvalue weighted by Crippen LogP contribution is -2.42. The van der Waals surface area contributed by atoms with Gasteiger partial charge in [0.25, 0.3) is 5.69 Å². The number of nitro benzene ring substituents is 1. The Morgan fingerprint density at radius 2 is 1.90 bits per heavy atom. The summed E-state index contributed by atoms with van der Waals surface area (Å²) in [6.07, 6.45) is 4.25. The molecule has 0 atom stereocenters. The van der Waals surface area contributed by atoms with Gasteiger partial charge in [0.2, 0.25) is 5.91 Å². The van der Waals surface area contributed by atoms with Crippen molar-refractivity contribution >= 4 is 17.3 Å². The molecule has 7 heteroatoms. The van der Waals surface area contributed by atoms with E-state index in [0.29, 0.717) is 36.4 Å². The molecule has 0 aromatic heterocycles. The zero-order chi connectivity index (χ0) is 20.9. The van der Waals surface area contributed by atoms with Crippen molar-refractivity contribution in [3.63, 3.8) is 0 Å². The van der Waals surface area contributed by atoms with Crippen molar-refractivity contribution in [2.24, 2.45) is 0 Å². The average molecular weight is 393 g/mol. The van der Waals surface area contributed by atoms with Gasteiger partial charge in [0, 0.05) is 17.8 Å². The van der Waals surface area contributed by atoms with E-state index >= 15 is 0 Å². The Bertz CT molecular complexity index is 942. The number of nitro groups is 1. The lowest BCUT2D eigenvalue weighted by atomic mass is 9.68. The molecule has 0 heterocycles. The fourth-order valence-corrected chi connectivity index (χ4v) is 3.93. The average Bonchev–Trinajstić information content (AvgIpc) is 2.75. The molecule has 1 fully saturated rings.